The molecule has 0 fully saturated rings. The Morgan fingerprint density at radius 1 is 1.42 bits per heavy atom. The molecule has 0 spiro atoms. The average molecular weight is 260 g/mol. The summed E-state index contributed by atoms with van der Waals surface area (Å²) in [5.74, 6) is 0.632. The first-order valence-electron chi connectivity index (χ1n) is 7.15. The molecule has 1 aromatic carbocycles. The van der Waals surface area contributed by atoms with Gasteiger partial charge in [-0.15, -0.1) is 0 Å². The fraction of sp³-hybridized carbons (Fsp3) is 0.562. The zero-order valence-electron chi connectivity index (χ0n) is 12.1. The van der Waals surface area contributed by atoms with Gasteiger partial charge in [-0.1, -0.05) is 38.5 Å². The van der Waals surface area contributed by atoms with Crippen LogP contribution in [0.15, 0.2) is 18.2 Å². The number of nitrogens with two attached hydrogens (primary N) is 1. The van der Waals surface area contributed by atoms with E-state index in [4.69, 9.17) is 5.73 Å². The van der Waals surface area contributed by atoms with E-state index in [0.717, 1.165) is 25.9 Å². The van der Waals surface area contributed by atoms with E-state index in [0.29, 0.717) is 5.92 Å². The number of hydrogen-bond acceptors (Lipinski definition) is 2. The van der Waals surface area contributed by atoms with Crippen LogP contribution in [-0.2, 0) is 17.8 Å². The Bertz CT molecular complexity index is 470. The molecule has 0 saturated carbocycles. The highest BCUT2D eigenvalue weighted by Crippen LogP contribution is 2.26. The van der Waals surface area contributed by atoms with Crippen molar-refractivity contribution in [2.24, 2.45) is 11.7 Å². The average Bonchev–Trinajstić information content (AvgIpc) is 2.44. The van der Waals surface area contributed by atoms with Crippen LogP contribution in [0.3, 0.4) is 0 Å². The van der Waals surface area contributed by atoms with Crippen molar-refractivity contribution in [3.05, 3.63) is 34.9 Å². The van der Waals surface area contributed by atoms with Gasteiger partial charge in [-0.3, -0.25) is 4.79 Å². The van der Waals surface area contributed by atoms with Gasteiger partial charge in [0.25, 0.3) is 0 Å². The van der Waals surface area contributed by atoms with Gasteiger partial charge in [0.1, 0.15) is 0 Å². The van der Waals surface area contributed by atoms with Gasteiger partial charge >= 0.3 is 0 Å². The summed E-state index contributed by atoms with van der Waals surface area (Å²) in [5.41, 5.74) is 10.1. The van der Waals surface area contributed by atoms with Gasteiger partial charge in [0.15, 0.2) is 0 Å². The van der Waals surface area contributed by atoms with Crippen molar-refractivity contribution < 1.29 is 4.79 Å². The smallest absolute Gasteiger partial charge is 0.219 e. The zero-order chi connectivity index (χ0) is 14.0. The molecular formula is C16H24N2O. The third-order valence-corrected chi connectivity index (χ3v) is 4.33. The number of rotatable bonds is 3. The number of carbonyl (C=O) groups is 1. The number of nitrogens with zero attached hydrogens (tertiary/aromatic N) is 1. The monoisotopic (exact) mass is 260 g/mol. The lowest BCUT2D eigenvalue weighted by Crippen LogP contribution is -2.34. The van der Waals surface area contributed by atoms with Crippen molar-refractivity contribution in [1.82, 2.24) is 4.90 Å². The summed E-state index contributed by atoms with van der Waals surface area (Å²) >= 11 is 0. The van der Waals surface area contributed by atoms with Gasteiger partial charge in [0.2, 0.25) is 5.91 Å². The molecule has 1 aromatic rings. The van der Waals surface area contributed by atoms with Crippen molar-refractivity contribution in [2.45, 2.75) is 46.2 Å². The highest BCUT2D eigenvalue weighted by Gasteiger charge is 2.20. The van der Waals surface area contributed by atoms with Gasteiger partial charge in [-0.05, 0) is 29.0 Å². The first-order chi connectivity index (χ1) is 9.02. The third-order valence-electron chi connectivity index (χ3n) is 4.33. The number of carbonyl (C=O) groups excluding carboxylic acids is 1. The van der Waals surface area contributed by atoms with Crippen LogP contribution in [0.25, 0.3) is 0 Å². The minimum atomic E-state index is 0.0861. The number of amides is 1. The topological polar surface area (TPSA) is 46.3 Å². The van der Waals surface area contributed by atoms with E-state index in [1.165, 1.54) is 16.7 Å². The van der Waals surface area contributed by atoms with Gasteiger partial charge in [0.05, 0.1) is 0 Å². The molecule has 0 radical (unpaired) electrons. The van der Waals surface area contributed by atoms with Crippen molar-refractivity contribution in [3.63, 3.8) is 0 Å². The van der Waals surface area contributed by atoms with Crippen LogP contribution in [0.1, 0.15) is 49.9 Å². The molecular weight excluding hydrogens is 236 g/mol. The normalized spacial score (nSPS) is 17.8. The lowest BCUT2D eigenvalue weighted by Gasteiger charge is -2.29. The molecule has 2 atom stereocenters. The Hall–Kier alpha value is -1.35. The van der Waals surface area contributed by atoms with Crippen molar-refractivity contribution in [2.75, 3.05) is 6.54 Å². The predicted octanol–water partition coefficient (Wildman–Crippen LogP) is 2.64. The fourth-order valence-corrected chi connectivity index (χ4v) is 2.64. The second-order valence-corrected chi connectivity index (χ2v) is 5.63. The molecule has 2 N–H and O–H groups in total. The lowest BCUT2D eigenvalue weighted by molar-refractivity contribution is -0.129. The molecule has 0 bridgehead atoms. The molecule has 0 aliphatic carbocycles. The first-order valence-corrected chi connectivity index (χ1v) is 7.15. The third kappa shape index (κ3) is 2.98. The fourth-order valence-electron chi connectivity index (χ4n) is 2.64. The van der Waals surface area contributed by atoms with Crippen molar-refractivity contribution in [3.8, 4) is 0 Å². The number of hydrogen-bond donors (Lipinski definition) is 1. The van der Waals surface area contributed by atoms with E-state index in [1.54, 1.807) is 6.92 Å². The van der Waals surface area contributed by atoms with Crippen LogP contribution in [0.5, 0.6) is 0 Å². The lowest BCUT2D eigenvalue weighted by atomic mass is 9.89. The van der Waals surface area contributed by atoms with Crippen molar-refractivity contribution >= 4 is 5.91 Å². The highest BCUT2D eigenvalue weighted by atomic mass is 16.2. The number of benzene rings is 1. The summed E-state index contributed by atoms with van der Waals surface area (Å²) in [6.45, 7) is 7.55. The Balaban J connectivity index is 2.23. The summed E-state index contributed by atoms with van der Waals surface area (Å²) in [5, 5.41) is 0. The maximum atomic E-state index is 11.5. The van der Waals surface area contributed by atoms with E-state index < -0.39 is 0 Å². The summed E-state index contributed by atoms with van der Waals surface area (Å²) in [6.07, 6.45) is 2.03. The van der Waals surface area contributed by atoms with E-state index in [9.17, 15) is 4.79 Å². The second kappa shape index (κ2) is 5.74. The molecule has 3 heteroatoms. The summed E-state index contributed by atoms with van der Waals surface area (Å²) < 4.78 is 0. The Morgan fingerprint density at radius 2 is 2.16 bits per heavy atom. The molecule has 1 aliphatic heterocycles. The quantitative estimate of drug-likeness (QED) is 0.908. The molecule has 1 aliphatic rings. The number of fused-ring (bicyclic) bond motifs is 1. The van der Waals surface area contributed by atoms with Gasteiger partial charge in [0, 0.05) is 26.1 Å². The second-order valence-electron chi connectivity index (χ2n) is 5.63. The van der Waals surface area contributed by atoms with E-state index in [-0.39, 0.29) is 11.9 Å². The molecule has 1 heterocycles. The largest absolute Gasteiger partial charge is 0.338 e. The Morgan fingerprint density at radius 3 is 2.79 bits per heavy atom. The molecule has 2 unspecified atom stereocenters. The van der Waals surface area contributed by atoms with Gasteiger partial charge < -0.3 is 10.6 Å². The zero-order valence-corrected chi connectivity index (χ0v) is 12.1. The van der Waals surface area contributed by atoms with Crippen LogP contribution < -0.4 is 5.73 Å². The Labute approximate surface area is 115 Å². The minimum Gasteiger partial charge on any atom is -0.338 e. The van der Waals surface area contributed by atoms with E-state index in [2.05, 4.69) is 32.0 Å². The molecule has 1 amide bonds. The maximum absolute atomic E-state index is 11.5. The summed E-state index contributed by atoms with van der Waals surface area (Å²) in [7, 11) is 0. The standard InChI is InChI=1S/C16H24N2O/c1-4-11(2)16(17)14-6-5-13-7-8-18(12(3)19)10-15(13)9-14/h5-6,9,11,16H,4,7-8,10,17H2,1-3H3. The van der Waals surface area contributed by atoms with Gasteiger partial charge in [-0.25, -0.2) is 0 Å². The first kappa shape index (κ1) is 14.1. The summed E-state index contributed by atoms with van der Waals surface area (Å²) in [4.78, 5) is 13.4. The predicted molar refractivity (Wildman–Crippen MR) is 77.6 cm³/mol. The van der Waals surface area contributed by atoms with Crippen LogP contribution in [0, 0.1) is 5.92 Å². The van der Waals surface area contributed by atoms with Crippen LogP contribution >= 0.6 is 0 Å². The molecule has 104 valence electrons. The summed E-state index contributed by atoms with van der Waals surface area (Å²) in [6, 6.07) is 6.62. The maximum Gasteiger partial charge on any atom is 0.219 e. The molecule has 19 heavy (non-hydrogen) atoms. The van der Waals surface area contributed by atoms with Crippen LogP contribution in [0.4, 0.5) is 0 Å². The SMILES string of the molecule is CCC(C)C(N)c1ccc2c(c1)CN(C(C)=O)CC2. The molecule has 0 aromatic heterocycles. The Kier molecular flexibility index (Phi) is 4.25. The van der Waals surface area contributed by atoms with Crippen LogP contribution in [0.2, 0.25) is 0 Å². The van der Waals surface area contributed by atoms with Crippen LogP contribution in [-0.4, -0.2) is 17.4 Å². The highest BCUT2D eigenvalue weighted by molar-refractivity contribution is 5.73. The molecule has 2 rings (SSSR count). The van der Waals surface area contributed by atoms with E-state index >= 15 is 0 Å². The minimum absolute atomic E-state index is 0.0861. The van der Waals surface area contributed by atoms with Gasteiger partial charge in [-0.2, -0.15) is 0 Å². The molecule has 0 saturated heterocycles. The van der Waals surface area contributed by atoms with E-state index in [1.807, 2.05) is 4.90 Å². The molecule has 3 nitrogen and oxygen atoms in total. The van der Waals surface area contributed by atoms with Crippen molar-refractivity contribution in [1.29, 1.82) is 0 Å².